The number of hydrogen-bond donors (Lipinski definition) is 3. The fourth-order valence-corrected chi connectivity index (χ4v) is 1.43. The summed E-state index contributed by atoms with van der Waals surface area (Å²) in [6, 6.07) is 6.92. The first-order valence-electron chi connectivity index (χ1n) is 5.32. The number of aromatic nitrogens is 3. The minimum atomic E-state index is -0.225. The van der Waals surface area contributed by atoms with Crippen LogP contribution in [0.15, 0.2) is 30.6 Å². The highest BCUT2D eigenvalue weighted by Crippen LogP contribution is 2.09. The smallest absolute Gasteiger partial charge is 0.246 e. The Hall–Kier alpha value is -2.41. The molecule has 94 valence electrons. The summed E-state index contributed by atoms with van der Waals surface area (Å²) in [5.74, 6) is -0.0910. The van der Waals surface area contributed by atoms with Crippen molar-refractivity contribution in [2.45, 2.75) is 13.2 Å². The number of nitrogens with one attached hydrogen (secondary N) is 1. The van der Waals surface area contributed by atoms with Gasteiger partial charge < -0.3 is 16.2 Å². The molecule has 0 saturated carbocycles. The highest BCUT2D eigenvalue weighted by atomic mass is 16.3. The third-order valence-corrected chi connectivity index (χ3v) is 2.28. The van der Waals surface area contributed by atoms with E-state index in [0.29, 0.717) is 5.69 Å². The van der Waals surface area contributed by atoms with Crippen molar-refractivity contribution in [3.05, 3.63) is 36.2 Å². The minimum Gasteiger partial charge on any atom is -0.392 e. The summed E-state index contributed by atoms with van der Waals surface area (Å²) in [7, 11) is 0. The number of carbonyl (C=O) groups excluding carboxylic acids is 1. The second kappa shape index (κ2) is 5.28. The van der Waals surface area contributed by atoms with E-state index in [4.69, 9.17) is 10.8 Å². The van der Waals surface area contributed by atoms with Crippen LogP contribution >= 0.6 is 0 Å². The van der Waals surface area contributed by atoms with Gasteiger partial charge >= 0.3 is 0 Å². The molecule has 7 heteroatoms. The van der Waals surface area contributed by atoms with Gasteiger partial charge in [-0.15, -0.1) is 5.10 Å². The number of nitrogens with two attached hydrogens (primary N) is 1. The number of nitrogen functional groups attached to an aromatic ring is 1. The van der Waals surface area contributed by atoms with Crippen molar-refractivity contribution < 1.29 is 9.90 Å². The lowest BCUT2D eigenvalue weighted by Crippen LogP contribution is -2.19. The molecule has 0 aliphatic carbocycles. The first-order chi connectivity index (χ1) is 8.67. The van der Waals surface area contributed by atoms with Crippen LogP contribution in [0.2, 0.25) is 0 Å². The molecule has 1 aromatic carbocycles. The van der Waals surface area contributed by atoms with Gasteiger partial charge in [-0.05, 0) is 17.7 Å². The molecule has 0 radical (unpaired) electrons. The van der Waals surface area contributed by atoms with Crippen molar-refractivity contribution in [3.63, 3.8) is 0 Å². The Morgan fingerprint density at radius 3 is 2.67 bits per heavy atom. The SMILES string of the molecule is Nc1ncn(CC(=O)Nc2ccc(CO)cc2)n1. The van der Waals surface area contributed by atoms with Crippen LogP contribution in [-0.2, 0) is 17.9 Å². The fourth-order valence-electron chi connectivity index (χ4n) is 1.43. The highest BCUT2D eigenvalue weighted by molar-refractivity contribution is 5.90. The van der Waals surface area contributed by atoms with Gasteiger partial charge in [0.2, 0.25) is 11.9 Å². The van der Waals surface area contributed by atoms with E-state index in [1.165, 1.54) is 11.0 Å². The number of rotatable bonds is 4. The molecule has 0 bridgehead atoms. The predicted molar refractivity (Wildman–Crippen MR) is 65.4 cm³/mol. The number of nitrogens with zero attached hydrogens (tertiary/aromatic N) is 3. The van der Waals surface area contributed by atoms with E-state index in [1.807, 2.05) is 0 Å². The van der Waals surface area contributed by atoms with Crippen molar-refractivity contribution in [1.29, 1.82) is 0 Å². The molecule has 0 spiro atoms. The van der Waals surface area contributed by atoms with E-state index in [9.17, 15) is 4.79 Å². The number of carbonyl (C=O) groups is 1. The second-order valence-electron chi connectivity index (χ2n) is 3.70. The van der Waals surface area contributed by atoms with Gasteiger partial charge in [0, 0.05) is 5.69 Å². The molecule has 0 atom stereocenters. The van der Waals surface area contributed by atoms with E-state index in [1.54, 1.807) is 24.3 Å². The van der Waals surface area contributed by atoms with Crippen molar-refractivity contribution in [1.82, 2.24) is 14.8 Å². The first-order valence-corrected chi connectivity index (χ1v) is 5.32. The zero-order chi connectivity index (χ0) is 13.0. The summed E-state index contributed by atoms with van der Waals surface area (Å²) in [4.78, 5) is 15.4. The Morgan fingerprint density at radius 2 is 2.11 bits per heavy atom. The highest BCUT2D eigenvalue weighted by Gasteiger charge is 2.05. The van der Waals surface area contributed by atoms with Crippen LogP contribution in [-0.4, -0.2) is 25.8 Å². The maximum atomic E-state index is 11.7. The maximum Gasteiger partial charge on any atom is 0.246 e. The fraction of sp³-hybridized carbons (Fsp3) is 0.182. The van der Waals surface area contributed by atoms with Gasteiger partial charge in [-0.2, -0.15) is 0 Å². The maximum absolute atomic E-state index is 11.7. The van der Waals surface area contributed by atoms with Gasteiger partial charge in [0.05, 0.1) is 6.61 Å². The molecule has 0 fully saturated rings. The molecule has 18 heavy (non-hydrogen) atoms. The molecule has 0 unspecified atom stereocenters. The minimum absolute atomic E-state index is 0.0214. The summed E-state index contributed by atoms with van der Waals surface area (Å²) < 4.78 is 1.35. The number of anilines is 2. The average Bonchev–Trinajstić information content (AvgIpc) is 2.75. The van der Waals surface area contributed by atoms with Crippen LogP contribution in [0.4, 0.5) is 11.6 Å². The zero-order valence-electron chi connectivity index (χ0n) is 9.58. The topological polar surface area (TPSA) is 106 Å². The summed E-state index contributed by atoms with van der Waals surface area (Å²) in [5, 5.41) is 15.4. The summed E-state index contributed by atoms with van der Waals surface area (Å²) in [6.45, 7) is 0.0262. The Balaban J connectivity index is 1.94. The Morgan fingerprint density at radius 1 is 1.39 bits per heavy atom. The lowest BCUT2D eigenvalue weighted by atomic mass is 10.2. The molecule has 0 aliphatic heterocycles. The largest absolute Gasteiger partial charge is 0.392 e. The first kappa shape index (κ1) is 12.1. The van der Waals surface area contributed by atoms with Gasteiger partial charge in [0.25, 0.3) is 0 Å². The molecule has 1 aromatic heterocycles. The van der Waals surface area contributed by atoms with Crippen LogP contribution in [0.3, 0.4) is 0 Å². The lowest BCUT2D eigenvalue weighted by Gasteiger charge is -2.05. The molecule has 7 nitrogen and oxygen atoms in total. The van der Waals surface area contributed by atoms with Gasteiger partial charge in [-0.1, -0.05) is 12.1 Å². The Labute approximate surface area is 103 Å². The molecular weight excluding hydrogens is 234 g/mol. The average molecular weight is 247 g/mol. The van der Waals surface area contributed by atoms with E-state index < -0.39 is 0 Å². The zero-order valence-corrected chi connectivity index (χ0v) is 9.58. The normalized spacial score (nSPS) is 10.3. The van der Waals surface area contributed by atoms with Crippen molar-refractivity contribution in [2.75, 3.05) is 11.1 Å². The van der Waals surface area contributed by atoms with Gasteiger partial charge in [-0.25, -0.2) is 9.67 Å². The van der Waals surface area contributed by atoms with Gasteiger partial charge in [0.1, 0.15) is 12.9 Å². The third kappa shape index (κ3) is 3.05. The standard InChI is InChI=1S/C11H13N5O2/c12-11-13-7-16(15-11)5-10(18)14-9-3-1-8(6-17)2-4-9/h1-4,7,17H,5-6H2,(H2,12,15)(H,14,18). The van der Waals surface area contributed by atoms with E-state index in [2.05, 4.69) is 15.4 Å². The van der Waals surface area contributed by atoms with Gasteiger partial charge in [0.15, 0.2) is 0 Å². The molecule has 2 aromatic rings. The second-order valence-corrected chi connectivity index (χ2v) is 3.70. The Kier molecular flexibility index (Phi) is 3.54. The van der Waals surface area contributed by atoms with Crippen LogP contribution < -0.4 is 11.1 Å². The molecule has 1 heterocycles. The quantitative estimate of drug-likeness (QED) is 0.704. The van der Waals surface area contributed by atoms with Crippen LogP contribution in [0.1, 0.15) is 5.56 Å². The van der Waals surface area contributed by atoms with Crippen molar-refractivity contribution >= 4 is 17.5 Å². The molecule has 1 amide bonds. The van der Waals surface area contributed by atoms with Crippen LogP contribution in [0, 0.1) is 0 Å². The molecule has 0 saturated heterocycles. The molecule has 2 rings (SSSR count). The van der Waals surface area contributed by atoms with Crippen LogP contribution in [0.25, 0.3) is 0 Å². The predicted octanol–water partition coefficient (Wildman–Crippen LogP) is -0.00870. The number of aliphatic hydroxyl groups excluding tert-OH is 1. The van der Waals surface area contributed by atoms with E-state index in [-0.39, 0.29) is 25.0 Å². The number of benzene rings is 1. The van der Waals surface area contributed by atoms with Crippen molar-refractivity contribution in [3.8, 4) is 0 Å². The third-order valence-electron chi connectivity index (χ3n) is 2.28. The van der Waals surface area contributed by atoms with Gasteiger partial charge in [-0.3, -0.25) is 4.79 Å². The summed E-state index contributed by atoms with van der Waals surface area (Å²) >= 11 is 0. The number of amides is 1. The monoisotopic (exact) mass is 247 g/mol. The molecular formula is C11H13N5O2. The molecule has 0 aliphatic rings. The molecule has 4 N–H and O–H groups in total. The van der Waals surface area contributed by atoms with E-state index >= 15 is 0 Å². The lowest BCUT2D eigenvalue weighted by molar-refractivity contribution is -0.116. The number of hydrogen-bond acceptors (Lipinski definition) is 5. The summed E-state index contributed by atoms with van der Waals surface area (Å²) in [6.07, 6.45) is 1.39. The van der Waals surface area contributed by atoms with Crippen molar-refractivity contribution in [2.24, 2.45) is 0 Å². The summed E-state index contributed by atoms with van der Waals surface area (Å²) in [5.41, 5.74) is 6.79. The number of aliphatic hydroxyl groups is 1. The van der Waals surface area contributed by atoms with Crippen LogP contribution in [0.5, 0.6) is 0 Å². The van der Waals surface area contributed by atoms with E-state index in [0.717, 1.165) is 5.56 Å². The Bertz CT molecular complexity index is 535.